The first kappa shape index (κ1) is 20.6. The Morgan fingerprint density at radius 3 is 2.68 bits per heavy atom. The number of hydrogen-bond donors (Lipinski definition) is 0. The molecule has 0 aliphatic carbocycles. The van der Waals surface area contributed by atoms with Gasteiger partial charge in [0.15, 0.2) is 5.17 Å². The lowest BCUT2D eigenvalue weighted by Gasteiger charge is -2.13. The van der Waals surface area contributed by atoms with Gasteiger partial charge in [-0.15, -0.1) is 0 Å². The molecule has 2 heterocycles. The van der Waals surface area contributed by atoms with Gasteiger partial charge in [-0.1, -0.05) is 37.3 Å². The van der Waals surface area contributed by atoms with Gasteiger partial charge in [-0.25, -0.2) is 4.99 Å². The molecule has 0 unspecified atom stereocenters. The molecule has 2 aromatic carbocycles. The molecule has 0 bridgehead atoms. The molecule has 4 rings (SSSR count). The molecule has 0 saturated carbocycles. The molecule has 0 N–H and O–H groups in total. The molecule has 31 heavy (non-hydrogen) atoms. The van der Waals surface area contributed by atoms with Crippen molar-refractivity contribution in [2.45, 2.75) is 13.3 Å². The van der Waals surface area contributed by atoms with Crippen LogP contribution >= 0.6 is 11.8 Å². The lowest BCUT2D eigenvalue weighted by Crippen LogP contribution is -2.29. The Labute approximate surface area is 183 Å². The Morgan fingerprint density at radius 1 is 1.13 bits per heavy atom. The highest BCUT2D eigenvalue weighted by Gasteiger charge is 2.33. The fourth-order valence-corrected chi connectivity index (χ4v) is 4.12. The minimum Gasteiger partial charge on any atom is -0.457 e. The van der Waals surface area contributed by atoms with Gasteiger partial charge in [-0.05, 0) is 42.4 Å². The summed E-state index contributed by atoms with van der Waals surface area (Å²) in [4.78, 5) is 30.3. The number of rotatable bonds is 6. The van der Waals surface area contributed by atoms with Gasteiger partial charge in [-0.3, -0.25) is 19.8 Å². The van der Waals surface area contributed by atoms with Gasteiger partial charge in [0.1, 0.15) is 11.5 Å². The second-order valence-corrected chi connectivity index (χ2v) is 7.82. The maximum atomic E-state index is 12.9. The summed E-state index contributed by atoms with van der Waals surface area (Å²) < 4.78 is 5.84. The number of benzene rings is 2. The van der Waals surface area contributed by atoms with Crippen LogP contribution in [0.25, 0.3) is 17.4 Å². The number of amides is 1. The Balaban J connectivity index is 1.62. The topological polar surface area (TPSA) is 89.0 Å². The van der Waals surface area contributed by atoms with E-state index < -0.39 is 4.92 Å². The number of amidine groups is 1. The summed E-state index contributed by atoms with van der Waals surface area (Å²) in [6.45, 7) is 2.59. The summed E-state index contributed by atoms with van der Waals surface area (Å²) in [7, 11) is 0. The van der Waals surface area contributed by atoms with Crippen LogP contribution in [-0.4, -0.2) is 27.4 Å². The first-order valence-corrected chi connectivity index (χ1v) is 10.6. The van der Waals surface area contributed by atoms with Crippen molar-refractivity contribution in [2.24, 2.45) is 4.99 Å². The van der Waals surface area contributed by atoms with Crippen molar-refractivity contribution in [3.05, 3.63) is 87.5 Å². The third kappa shape index (κ3) is 4.59. The smallest absolute Gasteiger partial charge is 0.270 e. The highest BCUT2D eigenvalue weighted by Crippen LogP contribution is 2.35. The molecule has 1 saturated heterocycles. The van der Waals surface area contributed by atoms with Crippen LogP contribution in [0.15, 0.2) is 81.0 Å². The van der Waals surface area contributed by atoms with Crippen molar-refractivity contribution in [2.75, 3.05) is 6.54 Å². The average molecular weight is 433 g/mol. The highest BCUT2D eigenvalue weighted by atomic mass is 32.2. The van der Waals surface area contributed by atoms with E-state index in [-0.39, 0.29) is 11.6 Å². The van der Waals surface area contributed by atoms with Gasteiger partial charge in [0.25, 0.3) is 11.6 Å². The molecule has 7 nitrogen and oxygen atoms in total. The number of nitro groups is 1. The Hall–Kier alpha value is -3.65. The van der Waals surface area contributed by atoms with Crippen molar-refractivity contribution in [3.63, 3.8) is 0 Å². The minimum absolute atomic E-state index is 0.00713. The largest absolute Gasteiger partial charge is 0.457 e. The number of furan rings is 1. The van der Waals surface area contributed by atoms with Gasteiger partial charge >= 0.3 is 0 Å². The van der Waals surface area contributed by atoms with Crippen LogP contribution in [0.5, 0.6) is 0 Å². The normalized spacial score (nSPS) is 16.4. The lowest BCUT2D eigenvalue weighted by molar-refractivity contribution is -0.384. The number of carbonyl (C=O) groups excluding carboxylic acids is 1. The molecule has 0 radical (unpaired) electrons. The van der Waals surface area contributed by atoms with E-state index in [2.05, 4.69) is 4.99 Å². The van der Waals surface area contributed by atoms with Crippen LogP contribution < -0.4 is 0 Å². The van der Waals surface area contributed by atoms with Crippen LogP contribution in [-0.2, 0) is 4.79 Å². The quantitative estimate of drug-likeness (QED) is 0.276. The van der Waals surface area contributed by atoms with Gasteiger partial charge in [0.2, 0.25) is 0 Å². The van der Waals surface area contributed by atoms with Gasteiger partial charge < -0.3 is 4.42 Å². The van der Waals surface area contributed by atoms with E-state index in [1.165, 1.54) is 23.9 Å². The standard InChI is InChI=1S/C23H19N3O4S/c1-2-13-25-22(27)21(31-23(25)24-17-8-4-3-5-9-17)15-19-11-12-20(30-19)16-7-6-10-18(14-16)26(28)29/h3-12,14-15H,2,13H2,1H3/b21-15+,24-23?. The molecule has 1 aliphatic rings. The fourth-order valence-electron chi connectivity index (χ4n) is 3.11. The van der Waals surface area contributed by atoms with E-state index >= 15 is 0 Å². The summed E-state index contributed by atoms with van der Waals surface area (Å²) in [5.41, 5.74) is 1.38. The fraction of sp³-hybridized carbons (Fsp3) is 0.130. The number of hydrogen-bond acceptors (Lipinski definition) is 6. The van der Waals surface area contributed by atoms with Crippen LogP contribution in [0.3, 0.4) is 0 Å². The Morgan fingerprint density at radius 2 is 1.94 bits per heavy atom. The van der Waals surface area contributed by atoms with Crippen molar-refractivity contribution < 1.29 is 14.1 Å². The summed E-state index contributed by atoms with van der Waals surface area (Å²) in [5, 5.41) is 11.6. The molecule has 1 aromatic heterocycles. The molecule has 1 aliphatic heterocycles. The van der Waals surface area contributed by atoms with Crippen molar-refractivity contribution >= 4 is 40.3 Å². The van der Waals surface area contributed by atoms with Crippen LogP contribution in [0, 0.1) is 10.1 Å². The van der Waals surface area contributed by atoms with E-state index in [4.69, 9.17) is 4.42 Å². The zero-order chi connectivity index (χ0) is 21.8. The second kappa shape index (κ2) is 9.01. The third-order valence-corrected chi connectivity index (χ3v) is 5.56. The monoisotopic (exact) mass is 433 g/mol. The second-order valence-electron chi connectivity index (χ2n) is 6.81. The van der Waals surface area contributed by atoms with Gasteiger partial charge in [0, 0.05) is 30.3 Å². The van der Waals surface area contributed by atoms with E-state index in [9.17, 15) is 14.9 Å². The molecule has 1 amide bonds. The summed E-state index contributed by atoms with van der Waals surface area (Å²) >= 11 is 1.31. The third-order valence-electron chi connectivity index (χ3n) is 4.56. The predicted octanol–water partition coefficient (Wildman–Crippen LogP) is 5.87. The van der Waals surface area contributed by atoms with E-state index in [0.717, 1.165) is 12.1 Å². The first-order valence-electron chi connectivity index (χ1n) is 9.75. The van der Waals surface area contributed by atoms with Crippen LogP contribution in [0.4, 0.5) is 11.4 Å². The first-order chi connectivity index (χ1) is 15.0. The number of thioether (sulfide) groups is 1. The maximum Gasteiger partial charge on any atom is 0.270 e. The Bertz CT molecular complexity index is 1180. The van der Waals surface area contributed by atoms with Gasteiger partial charge in [-0.2, -0.15) is 0 Å². The molecule has 156 valence electrons. The molecular weight excluding hydrogens is 414 g/mol. The van der Waals surface area contributed by atoms with E-state index in [1.54, 1.807) is 35.2 Å². The lowest BCUT2D eigenvalue weighted by atomic mass is 10.1. The van der Waals surface area contributed by atoms with Crippen molar-refractivity contribution in [3.8, 4) is 11.3 Å². The van der Waals surface area contributed by atoms with E-state index in [0.29, 0.717) is 33.7 Å². The Kier molecular flexibility index (Phi) is 5.99. The summed E-state index contributed by atoms with van der Waals surface area (Å²) in [5.74, 6) is 0.874. The zero-order valence-corrected chi connectivity index (χ0v) is 17.5. The molecule has 0 spiro atoms. The zero-order valence-electron chi connectivity index (χ0n) is 16.7. The summed E-state index contributed by atoms with van der Waals surface area (Å²) in [6, 6.07) is 19.2. The SMILES string of the molecule is CCCN1C(=O)/C(=C\c2ccc(-c3cccc([N+](=O)[O-])c3)o2)SC1=Nc1ccccc1. The molecular formula is C23H19N3O4S. The van der Waals surface area contributed by atoms with Crippen LogP contribution in [0.1, 0.15) is 19.1 Å². The number of nitro benzene ring substituents is 1. The van der Waals surface area contributed by atoms with Gasteiger partial charge in [0.05, 0.1) is 15.5 Å². The van der Waals surface area contributed by atoms with Crippen molar-refractivity contribution in [1.82, 2.24) is 4.90 Å². The maximum absolute atomic E-state index is 12.9. The highest BCUT2D eigenvalue weighted by molar-refractivity contribution is 8.18. The number of para-hydroxylation sites is 1. The molecule has 8 heteroatoms. The summed E-state index contributed by atoms with van der Waals surface area (Å²) in [6.07, 6.45) is 2.50. The number of carbonyl (C=O) groups is 1. The molecule has 0 atom stereocenters. The molecule has 3 aromatic rings. The number of non-ortho nitro benzene ring substituents is 1. The number of nitrogens with zero attached hydrogens (tertiary/aromatic N) is 3. The van der Waals surface area contributed by atoms with E-state index in [1.807, 2.05) is 37.3 Å². The van der Waals surface area contributed by atoms with Crippen molar-refractivity contribution in [1.29, 1.82) is 0 Å². The predicted molar refractivity (Wildman–Crippen MR) is 122 cm³/mol. The minimum atomic E-state index is -0.445. The average Bonchev–Trinajstić information content (AvgIpc) is 3.36. The number of aliphatic imine (C=N–C) groups is 1. The van der Waals surface area contributed by atoms with Crippen LogP contribution in [0.2, 0.25) is 0 Å². The molecule has 1 fully saturated rings.